The number of nitrogens with one attached hydrogen (secondary N) is 9. The van der Waals surface area contributed by atoms with E-state index in [1.54, 1.807) is 90.1 Å². The maximum Gasteiger partial charge on any atom is 0.305 e. The van der Waals surface area contributed by atoms with Gasteiger partial charge in [-0.25, -0.2) is 27.5 Å². The molecule has 1 aliphatic heterocycles. The number of hydrogen-bond donors (Lipinski definition) is 13. The highest BCUT2D eigenvalue weighted by atomic mass is 32.1. The minimum absolute atomic E-state index is 0. The summed E-state index contributed by atoms with van der Waals surface area (Å²) in [4.78, 5) is 219. The lowest BCUT2D eigenvalue weighted by Gasteiger charge is -2.35. The number of carboxylic acid groups (broad SMARTS) is 4. The predicted octanol–water partition coefficient (Wildman–Crippen LogP) is 5.56. The first kappa shape index (κ1) is 109. The Morgan fingerprint density at radius 3 is 1.11 bits per heavy atom. The fourth-order valence-corrected chi connectivity index (χ4v) is 12.9. The molecule has 684 valence electrons. The van der Waals surface area contributed by atoms with E-state index in [0.717, 1.165) is 47.2 Å². The van der Waals surface area contributed by atoms with Crippen LogP contribution in [0.4, 0.5) is 17.6 Å². The average Bonchev–Trinajstić information content (AvgIpc) is 1.68. The molecule has 1 aliphatic rings. The van der Waals surface area contributed by atoms with Gasteiger partial charge in [-0.3, -0.25) is 76.7 Å². The van der Waals surface area contributed by atoms with Crippen molar-refractivity contribution in [3.8, 4) is 11.5 Å². The van der Waals surface area contributed by atoms with Crippen molar-refractivity contribution >= 4 is 170 Å². The van der Waals surface area contributed by atoms with Crippen LogP contribution in [-0.2, 0) is 67.1 Å². The molecule has 11 atom stereocenters. The lowest BCUT2D eigenvalue weighted by Crippen LogP contribution is -2.61. The summed E-state index contributed by atoms with van der Waals surface area (Å²) in [6.45, 7) is 17.6. The van der Waals surface area contributed by atoms with Crippen molar-refractivity contribution in [2.75, 3.05) is 19.8 Å². The number of rotatable bonds is 40. The monoisotopic (exact) mass is 1830 g/mol. The molecule has 10 amide bonds. The average molecular weight is 1830 g/mol. The summed E-state index contributed by atoms with van der Waals surface area (Å²) >= 11 is 0. The highest BCUT2D eigenvalue weighted by molar-refractivity contribution is 7.59. The summed E-state index contributed by atoms with van der Waals surface area (Å²) < 4.78 is 66.2. The number of para-hydroxylation sites is 4. The van der Waals surface area contributed by atoms with Crippen LogP contribution < -0.4 is 57.3 Å². The first-order chi connectivity index (χ1) is 56.7. The van der Waals surface area contributed by atoms with Crippen LogP contribution in [0.2, 0.25) is 0 Å². The van der Waals surface area contributed by atoms with Crippen LogP contribution in [-0.4, -0.2) is 210 Å². The van der Waals surface area contributed by atoms with Crippen LogP contribution in [0, 0.1) is 58.3 Å². The number of ketones is 2. The van der Waals surface area contributed by atoms with Crippen molar-refractivity contribution in [2.45, 2.75) is 182 Å². The molecule has 1 fully saturated rings. The van der Waals surface area contributed by atoms with Gasteiger partial charge in [0.15, 0.2) is 46.3 Å². The molecule has 4 aromatic carbocycles. The standard InChI is InChI=1S/C45H56F2N6O11.C38H44F2N6O11.4H2S/c1-23(2)36(51-40(59)30-16-15-25-11-8-9-14-29(25)48-30)42(61)50-32(20-35(57)58)41(60)52-37(24(3)4)44(63)53-18-17-26(21-45(5,6)7)38(53)43(62)49-31(19-34(55)56)33(54)22-64-39-27(46)12-10-13-28(39)47;1-18(2)31(37(55)41-20(5)34(52)43-26(15-29(48)49)28(47)17-57-33-22(39)10-8-11-23(33)40)46-36(54)27(16-30(50)51)44-38(56)32(19(3)4)45-35(53)25-14-13-21-9-6-7-12-24(21)42-25;;;;/h8-16,23-24,26,31-32,36-38H,17-22H2,1-7H3,(H,49,62)(H,50,61)(H,51,59)(H,52,60)(H,55,56)(H,57,58);6-14,18-20,26-27,31-32H,15-17H2,1-5H3,(H,41,55)(H,43,52)(H,44,56)(H,45,53)(H,46,54)(H,48,49)(H,50,51);4*1H2/t26-,31+,32+,36+,37+,38+;20-,26-,27-,31-,32-;;;;/m10..../s1. The summed E-state index contributed by atoms with van der Waals surface area (Å²) in [5.41, 5.74) is 0.716. The summed E-state index contributed by atoms with van der Waals surface area (Å²) in [6.07, 6.45) is -3.02. The second-order valence-electron chi connectivity index (χ2n) is 31.4. The lowest BCUT2D eigenvalue weighted by molar-refractivity contribution is -0.146. The van der Waals surface area contributed by atoms with E-state index < -0.39 is 258 Å². The van der Waals surface area contributed by atoms with Crippen molar-refractivity contribution in [2.24, 2.45) is 35.0 Å². The van der Waals surface area contributed by atoms with Gasteiger partial charge >= 0.3 is 23.9 Å². The number of carbonyl (C=O) groups is 16. The Hall–Kier alpha value is -11.7. The van der Waals surface area contributed by atoms with Crippen molar-refractivity contribution in [3.63, 3.8) is 0 Å². The van der Waals surface area contributed by atoms with E-state index in [4.69, 9.17) is 9.47 Å². The van der Waals surface area contributed by atoms with Crippen molar-refractivity contribution < 1.29 is 124 Å². The van der Waals surface area contributed by atoms with Crippen molar-refractivity contribution in [1.29, 1.82) is 0 Å². The third-order valence-corrected chi connectivity index (χ3v) is 19.1. The van der Waals surface area contributed by atoms with E-state index in [0.29, 0.717) is 23.9 Å². The number of halogens is 4. The number of carboxylic acids is 4. The number of aromatic nitrogens is 2. The molecule has 0 unspecified atom stereocenters. The summed E-state index contributed by atoms with van der Waals surface area (Å²) in [5, 5.41) is 61.6. The molecular weight excluding hydrogens is 1720 g/mol. The Balaban J connectivity index is 0.000000826. The van der Waals surface area contributed by atoms with Gasteiger partial charge < -0.3 is 82.7 Å². The molecule has 125 heavy (non-hydrogen) atoms. The molecule has 42 heteroatoms. The Morgan fingerprint density at radius 2 is 0.744 bits per heavy atom. The highest BCUT2D eigenvalue weighted by Gasteiger charge is 2.47. The van der Waals surface area contributed by atoms with Crippen molar-refractivity contribution in [1.82, 2.24) is 62.7 Å². The second kappa shape index (κ2) is 50.3. The Bertz CT molecular complexity index is 4840. The quantitative estimate of drug-likeness (QED) is 0.0209. The molecule has 13 N–H and O–H groups in total. The third kappa shape index (κ3) is 32.8. The fraction of sp³-hybridized carbons (Fsp3) is 0.446. The zero-order valence-corrected chi connectivity index (χ0v) is 74.4. The maximum absolute atomic E-state index is 14.5. The third-order valence-electron chi connectivity index (χ3n) is 19.1. The Labute approximate surface area is 745 Å². The zero-order valence-electron chi connectivity index (χ0n) is 70.4. The van der Waals surface area contributed by atoms with Gasteiger partial charge in [0.2, 0.25) is 47.3 Å². The molecule has 0 spiro atoms. The number of aliphatic carboxylic acids is 4. The van der Waals surface area contributed by atoms with E-state index in [1.807, 2.05) is 32.9 Å². The molecule has 0 aliphatic carbocycles. The molecule has 0 saturated carbocycles. The van der Waals surface area contributed by atoms with Gasteiger partial charge in [-0.05, 0) is 103 Å². The number of pyridine rings is 2. The molecule has 34 nitrogen and oxygen atoms in total. The predicted molar refractivity (Wildman–Crippen MR) is 466 cm³/mol. The number of amides is 10. The van der Waals surface area contributed by atoms with Crippen molar-refractivity contribution in [3.05, 3.63) is 144 Å². The van der Waals surface area contributed by atoms with Gasteiger partial charge in [0.1, 0.15) is 85.0 Å². The van der Waals surface area contributed by atoms with Gasteiger partial charge in [0, 0.05) is 17.3 Å². The SMILES string of the molecule is CC(C)[C@H](NC(=O)c1ccc2ccccc2n1)C(=O)N[C@@H](CC(=O)O)C(=O)N[C@H](C(=O)N1CC[C@H](CC(C)(C)C)[C@H]1C(=O)N[C@@H](CC(=O)O)C(=O)COc1c(F)cccc1F)C(C)C.CC(C)[C@H](NC(=O)c1ccc2ccccc2n1)C(=O)N[C@@H](CC(=O)O)C(=O)N[C@H](C(=O)N[C@@H](C)C(=O)N[C@@H](CC(=O)O)C(=O)COc1c(F)cccc1F)C(C)C.S.S.S.S. The number of ether oxygens (including phenoxy) is 2. The van der Waals surface area contributed by atoms with Crippen LogP contribution in [0.25, 0.3) is 21.8 Å². The first-order valence-corrected chi connectivity index (χ1v) is 38.6. The molecule has 7 rings (SSSR count). The van der Waals surface area contributed by atoms with Crippen LogP contribution in [0.3, 0.4) is 0 Å². The number of hydrogen-bond acceptors (Lipinski definition) is 20. The maximum atomic E-state index is 14.5. The topological polar surface area (TPSA) is 510 Å². The number of benzene rings is 4. The van der Waals surface area contributed by atoms with Gasteiger partial charge in [-0.1, -0.05) is 137 Å². The normalized spacial score (nSPS) is 14.9. The van der Waals surface area contributed by atoms with E-state index in [1.165, 1.54) is 37.8 Å². The second-order valence-corrected chi connectivity index (χ2v) is 31.4. The number of carbonyl (C=O) groups excluding carboxylic acids is 12. The molecule has 2 aromatic heterocycles. The number of nitrogens with zero attached hydrogens (tertiary/aromatic N) is 3. The van der Waals surface area contributed by atoms with E-state index in [2.05, 4.69) is 57.8 Å². The number of fused-ring (bicyclic) bond motifs is 2. The molecule has 1 saturated heterocycles. The minimum atomic E-state index is -1.74. The van der Waals surface area contributed by atoms with Gasteiger partial charge in [-0.2, -0.15) is 54.0 Å². The lowest BCUT2D eigenvalue weighted by atomic mass is 9.81. The minimum Gasteiger partial charge on any atom is -0.481 e. The summed E-state index contributed by atoms with van der Waals surface area (Å²) in [7, 11) is 0. The zero-order chi connectivity index (χ0) is 90.2. The largest absolute Gasteiger partial charge is 0.481 e. The fourth-order valence-electron chi connectivity index (χ4n) is 12.9. The molecular formula is C83H108F4N12O22S4. The van der Waals surface area contributed by atoms with E-state index in [9.17, 15) is 115 Å². The number of likely N-dealkylation sites (tertiary alicyclic amines) is 1. The van der Waals surface area contributed by atoms with Gasteiger partial charge in [-0.15, -0.1) is 0 Å². The Morgan fingerprint density at radius 1 is 0.408 bits per heavy atom. The molecule has 3 heterocycles. The van der Waals surface area contributed by atoms with E-state index >= 15 is 0 Å². The Kier molecular flexibility index (Phi) is 44.1. The van der Waals surface area contributed by atoms with Crippen LogP contribution in [0.15, 0.2) is 109 Å². The molecule has 6 aromatic rings. The molecule has 0 bridgehead atoms. The highest BCUT2D eigenvalue weighted by Crippen LogP contribution is 2.36. The van der Waals surface area contributed by atoms with Gasteiger partial charge in [0.05, 0.1) is 36.7 Å². The summed E-state index contributed by atoms with van der Waals surface area (Å²) in [6, 6.07) is 11.2. The van der Waals surface area contributed by atoms with Crippen LogP contribution >= 0.6 is 54.0 Å². The first-order valence-electron chi connectivity index (χ1n) is 38.6. The summed E-state index contributed by atoms with van der Waals surface area (Å²) in [5.74, 6) is -26.2. The smallest absolute Gasteiger partial charge is 0.305 e. The number of Topliss-reactive ketones (excluding diaryl/α,β-unsaturated/α-hetero) is 2. The molecule has 0 radical (unpaired) electrons. The van der Waals surface area contributed by atoms with Gasteiger partial charge in [0.25, 0.3) is 11.8 Å². The van der Waals surface area contributed by atoms with Crippen LogP contribution in [0.1, 0.15) is 143 Å². The van der Waals surface area contributed by atoms with E-state index in [-0.39, 0.29) is 77.3 Å². The van der Waals surface area contributed by atoms with Crippen LogP contribution in [0.5, 0.6) is 11.5 Å².